The minimum Gasteiger partial charge on any atom is -1.00 e. The number of rotatable bonds is 5. The second-order valence-corrected chi connectivity index (χ2v) is 11.6. The molecule has 218 valence electrons. The van der Waals surface area contributed by atoms with Crippen LogP contribution in [-0.4, -0.2) is 48.1 Å². The molecule has 0 saturated carbocycles. The van der Waals surface area contributed by atoms with Crippen molar-refractivity contribution < 1.29 is 58.2 Å². The molecule has 0 unspecified atom stereocenters. The van der Waals surface area contributed by atoms with Gasteiger partial charge >= 0.3 is 20.1 Å². The zero-order chi connectivity index (χ0) is 28.3. The Morgan fingerprint density at radius 2 is 1.18 bits per heavy atom. The smallest absolute Gasteiger partial charge is 1.00 e. The Labute approximate surface area is 239 Å². The number of hydrogen-bond acceptors (Lipinski definition) is 6. The number of halogens is 4. The van der Waals surface area contributed by atoms with Gasteiger partial charge in [-0.25, -0.2) is 8.78 Å². The zero-order valence-corrected chi connectivity index (χ0v) is 26.1. The molecule has 1 aromatic heterocycles. The van der Waals surface area contributed by atoms with Crippen molar-refractivity contribution in [1.29, 1.82) is 0 Å². The van der Waals surface area contributed by atoms with Gasteiger partial charge in [0.15, 0.2) is 5.97 Å². The predicted octanol–water partition coefficient (Wildman–Crippen LogP) is 6.78. The number of carbonyl (C=O) groups is 2. The molecule has 0 atom stereocenters. The van der Waals surface area contributed by atoms with Crippen molar-refractivity contribution in [2.45, 2.75) is 58.5 Å². The zero-order valence-electron chi connectivity index (χ0n) is 23.9. The van der Waals surface area contributed by atoms with E-state index in [2.05, 4.69) is 56.0 Å². The third-order valence-electron chi connectivity index (χ3n) is 3.93. The van der Waals surface area contributed by atoms with Crippen LogP contribution >= 0.6 is 7.92 Å². The van der Waals surface area contributed by atoms with Crippen LogP contribution < -0.4 is 6.15 Å². The molecule has 0 saturated heterocycles. The third-order valence-corrected chi connectivity index (χ3v) is 7.51. The van der Waals surface area contributed by atoms with Gasteiger partial charge < -0.3 is 26.8 Å². The van der Waals surface area contributed by atoms with Gasteiger partial charge in [0.2, 0.25) is 5.97 Å². The minimum atomic E-state index is -1.70. The molecule has 0 radical (unpaired) electrons. The minimum absolute atomic E-state index is 0. The summed E-state index contributed by atoms with van der Waals surface area (Å²) in [6.07, 6.45) is 2.89. The van der Waals surface area contributed by atoms with Crippen molar-refractivity contribution in [2.75, 3.05) is 14.2 Å². The Hall–Kier alpha value is -2.19. The second-order valence-electron chi connectivity index (χ2n) is 7.63. The Kier molecular flexibility index (Phi) is 28.3. The molecule has 2 aromatic rings. The average molecular weight is 742 g/mol. The molecule has 0 aliphatic heterocycles. The van der Waals surface area contributed by atoms with Crippen LogP contribution in [0.5, 0.6) is 0 Å². The first-order chi connectivity index (χ1) is 16.8. The van der Waals surface area contributed by atoms with Crippen LogP contribution in [0.25, 0.3) is 0 Å². The topological polar surface area (TPSA) is 100 Å². The first-order valence-corrected chi connectivity index (χ1v) is 12.5. The van der Waals surface area contributed by atoms with E-state index in [1.54, 1.807) is 0 Å². The maximum atomic E-state index is 11.9. The molecular formula is C26H38F4IrN2O4P. The standard InChI is InChI=1S/C9H21P.C6H7O4.C6H6.C5F4N.Ir.H3N.H/c1-7(2)10(8(3)4)9(5)6;1-9-5(7)3-4-6(8)10-2;1-2-4-6-5-3-1;6-2-1-3(7)5(9)10-4(2)8;;;/h7-9H,1-6H3;3H,1-2H3;1-6H;;;1H3;/q;-1;;-1;+3;;-1. The summed E-state index contributed by atoms with van der Waals surface area (Å²) in [7, 11) is 2.66. The van der Waals surface area contributed by atoms with Crippen molar-refractivity contribution >= 4 is 19.9 Å². The van der Waals surface area contributed by atoms with Crippen molar-refractivity contribution in [3.63, 3.8) is 0 Å². The third kappa shape index (κ3) is 21.9. The normalized spacial score (nSPS) is 9.68. The number of benzene rings is 1. The van der Waals surface area contributed by atoms with Gasteiger partial charge in [0.05, 0.1) is 25.9 Å². The second kappa shape index (κ2) is 25.1. The molecule has 1 aromatic carbocycles. The Balaban J connectivity index is -0.000000130. The fourth-order valence-corrected chi connectivity index (χ4v) is 6.37. The van der Waals surface area contributed by atoms with Crippen LogP contribution in [-0.2, 0) is 39.2 Å². The van der Waals surface area contributed by atoms with Crippen LogP contribution in [0.1, 0.15) is 43.0 Å². The van der Waals surface area contributed by atoms with Gasteiger partial charge in [-0.15, -0.1) is 6.08 Å². The number of carbonyl (C=O) groups excluding carboxylic acids is 2. The molecule has 3 N–H and O–H groups in total. The Bertz CT molecular complexity index is 814. The molecule has 0 amide bonds. The average Bonchev–Trinajstić information content (AvgIpc) is 2.82. The van der Waals surface area contributed by atoms with E-state index < -0.39 is 35.5 Å². The van der Waals surface area contributed by atoms with E-state index in [4.69, 9.17) is 0 Å². The summed E-state index contributed by atoms with van der Waals surface area (Å²) < 4.78 is 55.7. The van der Waals surface area contributed by atoms with Gasteiger partial charge in [-0.05, 0) is 17.0 Å². The number of pyridine rings is 1. The fourth-order valence-electron chi connectivity index (χ4n) is 2.79. The quantitative estimate of drug-likeness (QED) is 0.0907. The molecule has 0 aliphatic carbocycles. The summed E-state index contributed by atoms with van der Waals surface area (Å²) in [5.41, 5.74) is 2.69. The molecule has 6 nitrogen and oxygen atoms in total. The molecular weight excluding hydrogens is 703 g/mol. The van der Waals surface area contributed by atoms with E-state index in [-0.39, 0.29) is 35.6 Å². The molecule has 0 spiro atoms. The SMILES string of the molecule is CC(C)P(C(C)C)C(C)C.COC(=O)[C-]=CC(=O)OC.Fc1[c-]c(F)c(F)nc1F.N.[H-].[Ir+3].c1ccccc1. The summed E-state index contributed by atoms with van der Waals surface area (Å²) in [5.74, 6) is -7.98. The van der Waals surface area contributed by atoms with E-state index in [9.17, 15) is 27.2 Å². The van der Waals surface area contributed by atoms with Gasteiger partial charge in [0.1, 0.15) is 11.9 Å². The summed E-state index contributed by atoms with van der Waals surface area (Å²) in [6, 6.07) is 13.2. The summed E-state index contributed by atoms with van der Waals surface area (Å²) in [6.45, 7) is 14.1. The maximum Gasteiger partial charge on any atom is 3.00 e. The molecule has 0 bridgehead atoms. The van der Waals surface area contributed by atoms with E-state index in [1.165, 1.54) is 14.2 Å². The first kappa shape index (κ1) is 42.9. The largest absolute Gasteiger partial charge is 3.00 e. The number of hydrogen-bond donors (Lipinski definition) is 1. The van der Waals surface area contributed by atoms with E-state index in [0.29, 0.717) is 0 Å². The van der Waals surface area contributed by atoms with Crippen molar-refractivity contribution in [1.82, 2.24) is 11.1 Å². The molecule has 1 heterocycles. The fraction of sp³-hybridized carbons (Fsp3) is 0.423. The van der Waals surface area contributed by atoms with E-state index in [0.717, 1.165) is 29.1 Å². The number of esters is 2. The molecule has 0 aliphatic rings. The van der Waals surface area contributed by atoms with Gasteiger partial charge in [0, 0.05) is 0 Å². The van der Waals surface area contributed by atoms with Crippen molar-refractivity contribution in [3.05, 3.63) is 78.1 Å². The maximum absolute atomic E-state index is 11.9. The van der Waals surface area contributed by atoms with Crippen LogP contribution in [0.3, 0.4) is 0 Å². The Morgan fingerprint density at radius 3 is 1.39 bits per heavy atom. The van der Waals surface area contributed by atoms with Gasteiger partial charge in [0.25, 0.3) is 0 Å². The summed E-state index contributed by atoms with van der Waals surface area (Å²) >= 11 is 0. The summed E-state index contributed by atoms with van der Waals surface area (Å²) in [5, 5.41) is 0. The molecule has 0 fully saturated rings. The van der Waals surface area contributed by atoms with Gasteiger partial charge in [-0.3, -0.25) is 13.6 Å². The van der Waals surface area contributed by atoms with Crippen molar-refractivity contribution in [2.24, 2.45) is 0 Å². The summed E-state index contributed by atoms with van der Waals surface area (Å²) in [4.78, 5) is 22.8. The first-order valence-electron chi connectivity index (χ1n) is 10.9. The van der Waals surface area contributed by atoms with Crippen LogP contribution in [0.15, 0.2) is 42.5 Å². The van der Waals surface area contributed by atoms with E-state index in [1.807, 2.05) is 42.5 Å². The molecule has 2 rings (SSSR count). The molecule has 12 heteroatoms. The number of ether oxygens (including phenoxy) is 2. The monoisotopic (exact) mass is 742 g/mol. The molecule has 38 heavy (non-hydrogen) atoms. The van der Waals surface area contributed by atoms with Crippen LogP contribution in [0, 0.1) is 35.7 Å². The number of aromatic nitrogens is 1. The van der Waals surface area contributed by atoms with Crippen LogP contribution in [0.2, 0.25) is 0 Å². The Morgan fingerprint density at radius 1 is 0.842 bits per heavy atom. The van der Waals surface area contributed by atoms with Crippen molar-refractivity contribution in [3.8, 4) is 0 Å². The number of methoxy groups -OCH3 is 2. The van der Waals surface area contributed by atoms with Gasteiger partial charge in [-0.2, -0.15) is 6.08 Å². The van der Waals surface area contributed by atoms with Gasteiger partial charge in [-0.1, -0.05) is 91.9 Å². The predicted molar refractivity (Wildman–Crippen MR) is 140 cm³/mol. The van der Waals surface area contributed by atoms with E-state index >= 15 is 0 Å². The number of nitrogens with zero attached hydrogens (tertiary/aromatic N) is 1. The van der Waals surface area contributed by atoms with Crippen LogP contribution in [0.4, 0.5) is 17.6 Å².